The van der Waals surface area contributed by atoms with Crippen molar-refractivity contribution in [1.82, 2.24) is 10.2 Å². The molecule has 1 fully saturated rings. The topological polar surface area (TPSA) is 24.5 Å². The number of nitrogens with zero attached hydrogens (tertiary/aromatic N) is 1. The van der Waals surface area contributed by atoms with Crippen molar-refractivity contribution in [2.45, 2.75) is 18.7 Å². The molecule has 1 unspecified atom stereocenters. The fourth-order valence-corrected chi connectivity index (χ4v) is 1.55. The van der Waals surface area contributed by atoms with Gasteiger partial charge in [0.2, 0.25) is 0 Å². The predicted molar refractivity (Wildman–Crippen MR) is 50.8 cm³/mol. The Labute approximate surface area is 87.6 Å². The summed E-state index contributed by atoms with van der Waals surface area (Å²) in [5.41, 5.74) is 0. The molecular weight excluding hydrogens is 209 g/mol. The molecule has 1 rings (SSSR count). The van der Waals surface area contributed by atoms with Crippen LogP contribution in [-0.4, -0.2) is 57.0 Å². The Morgan fingerprint density at radius 2 is 2.20 bits per heavy atom. The summed E-state index contributed by atoms with van der Waals surface area (Å²) in [5, 5.41) is 3.14. The van der Waals surface area contributed by atoms with Crippen molar-refractivity contribution < 1.29 is 17.9 Å². The van der Waals surface area contributed by atoms with E-state index in [0.717, 1.165) is 13.1 Å². The minimum atomic E-state index is -4.11. The zero-order valence-corrected chi connectivity index (χ0v) is 8.81. The van der Waals surface area contributed by atoms with Gasteiger partial charge in [-0.15, -0.1) is 0 Å². The molecule has 0 bridgehead atoms. The van der Waals surface area contributed by atoms with Gasteiger partial charge >= 0.3 is 6.18 Å². The van der Waals surface area contributed by atoms with Crippen molar-refractivity contribution in [3.8, 4) is 0 Å². The summed E-state index contributed by atoms with van der Waals surface area (Å²) in [7, 11) is 1.48. The lowest BCUT2D eigenvalue weighted by Gasteiger charge is -2.26. The van der Waals surface area contributed by atoms with Gasteiger partial charge in [0.05, 0.1) is 19.3 Å². The molecule has 6 heteroatoms. The molecule has 0 aromatic carbocycles. The number of alkyl halides is 3. The highest BCUT2D eigenvalue weighted by molar-refractivity contribution is 4.69. The molecule has 1 aliphatic rings. The van der Waals surface area contributed by atoms with Crippen LogP contribution in [0, 0.1) is 0 Å². The van der Waals surface area contributed by atoms with E-state index in [1.165, 1.54) is 11.9 Å². The quantitative estimate of drug-likeness (QED) is 0.769. The molecule has 0 aliphatic carbocycles. The molecule has 1 heterocycles. The van der Waals surface area contributed by atoms with Gasteiger partial charge in [-0.25, -0.2) is 0 Å². The lowest BCUT2D eigenvalue weighted by Crippen LogP contribution is -2.41. The van der Waals surface area contributed by atoms with E-state index >= 15 is 0 Å². The first kappa shape index (κ1) is 12.7. The van der Waals surface area contributed by atoms with E-state index in [1.54, 1.807) is 0 Å². The van der Waals surface area contributed by atoms with Gasteiger partial charge in [-0.1, -0.05) is 0 Å². The molecule has 1 saturated heterocycles. The summed E-state index contributed by atoms with van der Waals surface area (Å²) >= 11 is 0. The monoisotopic (exact) mass is 226 g/mol. The zero-order chi connectivity index (χ0) is 11.3. The Bertz CT molecular complexity index is 181. The Morgan fingerprint density at radius 1 is 1.47 bits per heavy atom. The summed E-state index contributed by atoms with van der Waals surface area (Å²) in [6.45, 7) is 1.77. The summed E-state index contributed by atoms with van der Waals surface area (Å²) in [4.78, 5) is 1.28. The second-order valence-electron chi connectivity index (χ2n) is 3.84. The Hall–Kier alpha value is -0.330. The predicted octanol–water partition coefficient (Wildman–Crippen LogP) is 0.859. The van der Waals surface area contributed by atoms with Crippen molar-refractivity contribution in [1.29, 1.82) is 0 Å². The summed E-state index contributed by atoms with van der Waals surface area (Å²) < 4.78 is 41.3. The Kier molecular flexibility index (Phi) is 4.82. The molecule has 1 atom stereocenters. The van der Waals surface area contributed by atoms with E-state index in [9.17, 15) is 13.2 Å². The van der Waals surface area contributed by atoms with Crippen LogP contribution in [0.25, 0.3) is 0 Å². The van der Waals surface area contributed by atoms with Crippen molar-refractivity contribution in [2.24, 2.45) is 0 Å². The van der Waals surface area contributed by atoms with Crippen LogP contribution < -0.4 is 5.32 Å². The van der Waals surface area contributed by atoms with Crippen LogP contribution in [0.2, 0.25) is 0 Å². The first-order valence-electron chi connectivity index (χ1n) is 5.05. The van der Waals surface area contributed by atoms with Crippen molar-refractivity contribution in [3.63, 3.8) is 0 Å². The number of hydrogen-bond donors (Lipinski definition) is 1. The third-order valence-electron chi connectivity index (χ3n) is 2.29. The number of hydrogen-bond acceptors (Lipinski definition) is 3. The highest BCUT2D eigenvalue weighted by atomic mass is 19.4. The number of halogens is 3. The molecule has 0 aromatic heterocycles. The molecule has 1 N–H and O–H groups in total. The van der Waals surface area contributed by atoms with Crippen molar-refractivity contribution in [2.75, 3.05) is 39.8 Å². The second kappa shape index (κ2) is 5.67. The van der Waals surface area contributed by atoms with Gasteiger partial charge in [-0.2, -0.15) is 13.2 Å². The molecule has 0 radical (unpaired) electrons. The van der Waals surface area contributed by atoms with Gasteiger partial charge in [-0.05, 0) is 13.5 Å². The number of rotatable bonds is 4. The SMILES string of the molecule is CN(CCC1CNCCO1)CC(F)(F)F. The first-order valence-corrected chi connectivity index (χ1v) is 5.05. The average molecular weight is 226 g/mol. The van der Waals surface area contributed by atoms with Crippen LogP contribution >= 0.6 is 0 Å². The fraction of sp³-hybridized carbons (Fsp3) is 1.00. The normalized spacial score (nSPS) is 23.4. The maximum absolute atomic E-state index is 12.0. The lowest BCUT2D eigenvalue weighted by molar-refractivity contribution is -0.143. The van der Waals surface area contributed by atoms with Crippen LogP contribution in [-0.2, 0) is 4.74 Å². The van der Waals surface area contributed by atoms with Crippen LogP contribution in [0.4, 0.5) is 13.2 Å². The van der Waals surface area contributed by atoms with E-state index < -0.39 is 12.7 Å². The molecule has 0 amide bonds. The molecular formula is C9H17F3N2O. The van der Waals surface area contributed by atoms with Crippen LogP contribution in [0.5, 0.6) is 0 Å². The summed E-state index contributed by atoms with van der Waals surface area (Å²) in [6, 6.07) is 0. The van der Waals surface area contributed by atoms with E-state index in [0.29, 0.717) is 19.6 Å². The molecule has 15 heavy (non-hydrogen) atoms. The number of morpholine rings is 1. The van der Waals surface area contributed by atoms with E-state index in [4.69, 9.17) is 4.74 Å². The zero-order valence-electron chi connectivity index (χ0n) is 8.81. The standard InChI is InChI=1S/C9H17F3N2O/c1-14(7-9(10,11)12)4-2-8-6-13-3-5-15-8/h8,13H,2-7H2,1H3. The molecule has 0 spiro atoms. The maximum Gasteiger partial charge on any atom is 0.401 e. The van der Waals surface area contributed by atoms with Gasteiger partial charge in [0.1, 0.15) is 0 Å². The lowest BCUT2D eigenvalue weighted by atomic mass is 10.2. The molecule has 0 aromatic rings. The fourth-order valence-electron chi connectivity index (χ4n) is 1.55. The van der Waals surface area contributed by atoms with Crippen LogP contribution in [0.3, 0.4) is 0 Å². The third-order valence-corrected chi connectivity index (χ3v) is 2.29. The molecule has 90 valence electrons. The highest BCUT2D eigenvalue weighted by Gasteiger charge is 2.29. The van der Waals surface area contributed by atoms with Crippen molar-refractivity contribution >= 4 is 0 Å². The van der Waals surface area contributed by atoms with E-state index in [-0.39, 0.29) is 6.10 Å². The van der Waals surface area contributed by atoms with Gasteiger partial charge in [0.25, 0.3) is 0 Å². The van der Waals surface area contributed by atoms with Gasteiger partial charge in [0, 0.05) is 19.6 Å². The van der Waals surface area contributed by atoms with Crippen LogP contribution in [0.1, 0.15) is 6.42 Å². The summed E-state index contributed by atoms with van der Waals surface area (Å²) in [6.07, 6.45) is -3.42. The van der Waals surface area contributed by atoms with Gasteiger partial charge in [0.15, 0.2) is 0 Å². The van der Waals surface area contributed by atoms with Crippen molar-refractivity contribution in [3.05, 3.63) is 0 Å². The van der Waals surface area contributed by atoms with E-state index in [2.05, 4.69) is 5.32 Å². The minimum absolute atomic E-state index is 0.0504. The molecule has 0 saturated carbocycles. The smallest absolute Gasteiger partial charge is 0.376 e. The summed E-state index contributed by atoms with van der Waals surface area (Å²) in [5.74, 6) is 0. The third kappa shape index (κ3) is 5.96. The minimum Gasteiger partial charge on any atom is -0.376 e. The Balaban J connectivity index is 2.12. The van der Waals surface area contributed by atoms with Gasteiger partial charge < -0.3 is 10.1 Å². The highest BCUT2D eigenvalue weighted by Crippen LogP contribution is 2.15. The van der Waals surface area contributed by atoms with Gasteiger partial charge in [-0.3, -0.25) is 4.90 Å². The van der Waals surface area contributed by atoms with Crippen LogP contribution in [0.15, 0.2) is 0 Å². The maximum atomic E-state index is 12.0. The number of ether oxygens (including phenoxy) is 1. The first-order chi connectivity index (χ1) is 6.97. The molecule has 3 nitrogen and oxygen atoms in total. The Morgan fingerprint density at radius 3 is 2.73 bits per heavy atom. The number of nitrogens with one attached hydrogen (secondary N) is 1. The largest absolute Gasteiger partial charge is 0.401 e. The average Bonchev–Trinajstić information content (AvgIpc) is 2.14. The van der Waals surface area contributed by atoms with E-state index in [1.807, 2.05) is 0 Å². The second-order valence-corrected chi connectivity index (χ2v) is 3.84. The molecule has 1 aliphatic heterocycles.